The fourth-order valence-corrected chi connectivity index (χ4v) is 1.14. The fourth-order valence-electron chi connectivity index (χ4n) is 1.14. The molecule has 4 nitrogen and oxygen atoms in total. The van der Waals surface area contributed by atoms with E-state index in [0.29, 0.717) is 11.8 Å². The van der Waals surface area contributed by atoms with Crippen molar-refractivity contribution < 1.29 is 9.90 Å². The summed E-state index contributed by atoms with van der Waals surface area (Å²) in [4.78, 5) is 14.4. The Bertz CT molecular complexity index is 347. The molecule has 0 saturated heterocycles. The van der Waals surface area contributed by atoms with Gasteiger partial charge in [0.15, 0.2) is 0 Å². The van der Waals surface area contributed by atoms with E-state index in [0.717, 1.165) is 12.2 Å². The second-order valence-corrected chi connectivity index (χ2v) is 4.34. The minimum absolute atomic E-state index is 0.0717. The first-order chi connectivity index (χ1) is 7.50. The van der Waals surface area contributed by atoms with Crippen LogP contribution in [0.3, 0.4) is 0 Å². The van der Waals surface area contributed by atoms with Gasteiger partial charge in [-0.2, -0.15) is 0 Å². The fraction of sp³-hybridized carbons (Fsp3) is 0.500. The van der Waals surface area contributed by atoms with Crippen LogP contribution in [0, 0.1) is 11.8 Å². The summed E-state index contributed by atoms with van der Waals surface area (Å²) >= 11 is 0. The first-order valence-electron chi connectivity index (χ1n) is 5.44. The zero-order chi connectivity index (χ0) is 12.1. The Kier molecular flexibility index (Phi) is 4.28. The predicted octanol–water partition coefficient (Wildman–Crippen LogP) is 2.48. The summed E-state index contributed by atoms with van der Waals surface area (Å²) in [5.74, 6) is 0.194. The van der Waals surface area contributed by atoms with E-state index < -0.39 is 5.97 Å². The molecule has 0 radical (unpaired) electrons. The lowest BCUT2D eigenvalue weighted by Gasteiger charge is -2.16. The average Bonchev–Trinajstić information content (AvgIpc) is 2.26. The van der Waals surface area contributed by atoms with Crippen molar-refractivity contribution in [2.45, 2.75) is 20.8 Å². The molecule has 0 saturated carbocycles. The zero-order valence-corrected chi connectivity index (χ0v) is 9.90. The molecule has 1 atom stereocenters. The molecule has 0 spiro atoms. The van der Waals surface area contributed by atoms with E-state index in [1.807, 2.05) is 0 Å². The van der Waals surface area contributed by atoms with Crippen molar-refractivity contribution in [2.24, 2.45) is 11.8 Å². The molecule has 1 unspecified atom stereocenters. The molecular formula is C12H18N2O2. The molecular weight excluding hydrogens is 204 g/mol. The lowest BCUT2D eigenvalue weighted by atomic mass is 9.98. The number of aromatic nitrogens is 1. The molecule has 0 fully saturated rings. The molecule has 4 heteroatoms. The highest BCUT2D eigenvalue weighted by Crippen LogP contribution is 2.12. The van der Waals surface area contributed by atoms with E-state index in [-0.39, 0.29) is 5.69 Å². The third-order valence-electron chi connectivity index (χ3n) is 2.75. The van der Waals surface area contributed by atoms with E-state index in [2.05, 4.69) is 31.1 Å². The number of nitrogens with one attached hydrogen (secondary N) is 1. The molecule has 1 aromatic heterocycles. The zero-order valence-electron chi connectivity index (χ0n) is 9.90. The van der Waals surface area contributed by atoms with Gasteiger partial charge in [0.05, 0.1) is 11.9 Å². The second-order valence-electron chi connectivity index (χ2n) is 4.34. The van der Waals surface area contributed by atoms with E-state index >= 15 is 0 Å². The van der Waals surface area contributed by atoms with Gasteiger partial charge in [-0.05, 0) is 24.0 Å². The minimum Gasteiger partial charge on any atom is -0.477 e. The van der Waals surface area contributed by atoms with Crippen molar-refractivity contribution in [3.8, 4) is 0 Å². The molecule has 16 heavy (non-hydrogen) atoms. The topological polar surface area (TPSA) is 62.2 Å². The van der Waals surface area contributed by atoms with Gasteiger partial charge in [-0.1, -0.05) is 20.8 Å². The summed E-state index contributed by atoms with van der Waals surface area (Å²) in [6.45, 7) is 7.40. The molecule has 0 aliphatic heterocycles. The number of hydrogen-bond donors (Lipinski definition) is 2. The number of pyridine rings is 1. The van der Waals surface area contributed by atoms with Gasteiger partial charge >= 0.3 is 5.97 Å². The van der Waals surface area contributed by atoms with Crippen LogP contribution in [0.4, 0.5) is 5.69 Å². The van der Waals surface area contributed by atoms with Gasteiger partial charge in [0.1, 0.15) is 5.69 Å². The maximum absolute atomic E-state index is 10.6. The molecule has 88 valence electrons. The summed E-state index contributed by atoms with van der Waals surface area (Å²) < 4.78 is 0. The summed E-state index contributed by atoms with van der Waals surface area (Å²) in [6, 6.07) is 3.24. The highest BCUT2D eigenvalue weighted by Gasteiger charge is 2.07. The monoisotopic (exact) mass is 222 g/mol. The number of aromatic carboxylic acids is 1. The van der Waals surface area contributed by atoms with Crippen LogP contribution >= 0.6 is 0 Å². The number of carboxylic acids is 1. The molecule has 1 heterocycles. The lowest BCUT2D eigenvalue weighted by Crippen LogP contribution is -2.16. The Balaban J connectivity index is 2.53. The average molecular weight is 222 g/mol. The van der Waals surface area contributed by atoms with Gasteiger partial charge < -0.3 is 10.4 Å². The molecule has 0 aromatic carbocycles. The van der Waals surface area contributed by atoms with Gasteiger partial charge in [-0.25, -0.2) is 9.78 Å². The maximum atomic E-state index is 10.6. The van der Waals surface area contributed by atoms with Crippen LogP contribution in [0.25, 0.3) is 0 Å². The van der Waals surface area contributed by atoms with Crippen molar-refractivity contribution >= 4 is 11.7 Å². The van der Waals surface area contributed by atoms with E-state index in [4.69, 9.17) is 5.11 Å². The highest BCUT2D eigenvalue weighted by atomic mass is 16.4. The Morgan fingerprint density at radius 2 is 2.12 bits per heavy atom. The SMILES string of the molecule is CC(C)C(C)CNc1ccc(C(=O)O)nc1. The summed E-state index contributed by atoms with van der Waals surface area (Å²) in [6.07, 6.45) is 1.55. The van der Waals surface area contributed by atoms with Crippen LogP contribution in [0.2, 0.25) is 0 Å². The predicted molar refractivity (Wildman–Crippen MR) is 63.7 cm³/mol. The second kappa shape index (κ2) is 5.49. The van der Waals surface area contributed by atoms with Crippen molar-refractivity contribution in [2.75, 3.05) is 11.9 Å². The quantitative estimate of drug-likeness (QED) is 0.803. The van der Waals surface area contributed by atoms with Crippen molar-refractivity contribution in [1.29, 1.82) is 0 Å². The first-order valence-corrected chi connectivity index (χ1v) is 5.44. The standard InChI is InChI=1S/C12H18N2O2/c1-8(2)9(3)6-13-10-4-5-11(12(15)16)14-7-10/h4-5,7-9,13H,6H2,1-3H3,(H,15,16). The van der Waals surface area contributed by atoms with Crippen LogP contribution in [0.1, 0.15) is 31.3 Å². The molecule has 0 amide bonds. The number of hydrogen-bond acceptors (Lipinski definition) is 3. The van der Waals surface area contributed by atoms with E-state index in [9.17, 15) is 4.79 Å². The normalized spacial score (nSPS) is 12.5. The van der Waals surface area contributed by atoms with Gasteiger partial charge in [0, 0.05) is 6.54 Å². The third kappa shape index (κ3) is 3.53. The minimum atomic E-state index is -0.998. The highest BCUT2D eigenvalue weighted by molar-refractivity contribution is 5.85. The van der Waals surface area contributed by atoms with Crippen LogP contribution in [-0.4, -0.2) is 22.6 Å². The molecule has 2 N–H and O–H groups in total. The molecule has 0 bridgehead atoms. The molecule has 0 aliphatic rings. The maximum Gasteiger partial charge on any atom is 0.354 e. The summed E-state index contributed by atoms with van der Waals surface area (Å²) in [5.41, 5.74) is 0.931. The molecule has 1 aromatic rings. The van der Waals surface area contributed by atoms with Crippen LogP contribution in [0.15, 0.2) is 18.3 Å². The van der Waals surface area contributed by atoms with Crippen molar-refractivity contribution in [1.82, 2.24) is 4.98 Å². The Hall–Kier alpha value is -1.58. The van der Waals surface area contributed by atoms with Crippen LogP contribution in [0.5, 0.6) is 0 Å². The number of nitrogens with zero attached hydrogens (tertiary/aromatic N) is 1. The van der Waals surface area contributed by atoms with Crippen LogP contribution < -0.4 is 5.32 Å². The van der Waals surface area contributed by atoms with E-state index in [1.54, 1.807) is 12.3 Å². The number of rotatable bonds is 5. The largest absolute Gasteiger partial charge is 0.477 e. The number of anilines is 1. The first kappa shape index (κ1) is 12.5. The molecule has 1 rings (SSSR count). The third-order valence-corrected chi connectivity index (χ3v) is 2.75. The number of carboxylic acid groups (broad SMARTS) is 1. The summed E-state index contributed by atoms with van der Waals surface area (Å²) in [7, 11) is 0. The smallest absolute Gasteiger partial charge is 0.354 e. The van der Waals surface area contributed by atoms with Gasteiger partial charge in [-0.3, -0.25) is 0 Å². The summed E-state index contributed by atoms with van der Waals surface area (Å²) in [5, 5.41) is 11.9. The Morgan fingerprint density at radius 1 is 1.44 bits per heavy atom. The number of carbonyl (C=O) groups is 1. The van der Waals surface area contributed by atoms with Crippen molar-refractivity contribution in [3.63, 3.8) is 0 Å². The van der Waals surface area contributed by atoms with Gasteiger partial charge in [0.2, 0.25) is 0 Å². The van der Waals surface area contributed by atoms with Gasteiger partial charge in [0.25, 0.3) is 0 Å². The van der Waals surface area contributed by atoms with Gasteiger partial charge in [-0.15, -0.1) is 0 Å². The van der Waals surface area contributed by atoms with Crippen LogP contribution in [-0.2, 0) is 0 Å². The lowest BCUT2D eigenvalue weighted by molar-refractivity contribution is 0.0690. The Labute approximate surface area is 95.7 Å². The van der Waals surface area contributed by atoms with Crippen molar-refractivity contribution in [3.05, 3.63) is 24.0 Å². The van der Waals surface area contributed by atoms with E-state index in [1.165, 1.54) is 6.07 Å². The Morgan fingerprint density at radius 3 is 2.56 bits per heavy atom. The molecule has 0 aliphatic carbocycles.